The molecule has 0 radical (unpaired) electrons. The van der Waals surface area contributed by atoms with Crippen LogP contribution < -0.4 is 0 Å². The van der Waals surface area contributed by atoms with Gasteiger partial charge in [0.15, 0.2) is 0 Å². The molecule has 0 aromatic carbocycles. The Morgan fingerprint density at radius 1 is 0.457 bits per heavy atom. The van der Waals surface area contributed by atoms with Crippen LogP contribution in [0.1, 0.15) is 126 Å². The van der Waals surface area contributed by atoms with Crippen LogP contribution in [0.25, 0.3) is 0 Å². The number of rotatable bonds is 24. The molecule has 0 saturated carbocycles. The van der Waals surface area contributed by atoms with Crippen molar-refractivity contribution < 1.29 is 71.3 Å². The summed E-state index contributed by atoms with van der Waals surface area (Å²) in [5.74, 6) is -40.7. The van der Waals surface area contributed by atoms with Gasteiger partial charge in [0.1, 0.15) is 0 Å². The molecule has 0 spiro atoms. The smallest absolute Gasteiger partial charge is 0.324 e. The first-order chi connectivity index (χ1) is 20.8. The van der Waals surface area contributed by atoms with Crippen molar-refractivity contribution in [3.8, 4) is 0 Å². The lowest BCUT2D eigenvalue weighted by atomic mass is 9.87. The molecule has 4 unspecified atom stereocenters. The third kappa shape index (κ3) is 10.5. The van der Waals surface area contributed by atoms with Crippen LogP contribution in [0.2, 0.25) is 0 Å². The van der Waals surface area contributed by atoms with Gasteiger partial charge in [-0.2, -0.15) is 57.1 Å². The van der Waals surface area contributed by atoms with Gasteiger partial charge in [0.2, 0.25) is 0 Å². The van der Waals surface area contributed by atoms with E-state index in [0.717, 1.165) is 19.3 Å². The molecule has 0 aliphatic heterocycles. The molecule has 0 aromatic rings. The van der Waals surface area contributed by atoms with Gasteiger partial charge in [0.05, 0.1) is 18.3 Å². The highest BCUT2D eigenvalue weighted by atomic mass is 19.4. The van der Waals surface area contributed by atoms with Crippen molar-refractivity contribution in [1.82, 2.24) is 0 Å². The summed E-state index contributed by atoms with van der Waals surface area (Å²) in [6.45, 7) is 11.8. The van der Waals surface area contributed by atoms with Crippen molar-refractivity contribution in [3.05, 3.63) is 0 Å². The van der Waals surface area contributed by atoms with Crippen LogP contribution in [0.4, 0.5) is 57.1 Å². The summed E-state index contributed by atoms with van der Waals surface area (Å²) >= 11 is 0. The molecule has 0 amide bonds. The van der Waals surface area contributed by atoms with Crippen molar-refractivity contribution in [3.63, 3.8) is 0 Å². The first kappa shape index (κ1) is 45.0. The summed E-state index contributed by atoms with van der Waals surface area (Å²) < 4.78 is 198. The van der Waals surface area contributed by atoms with E-state index in [0.29, 0.717) is 32.1 Å². The predicted molar refractivity (Wildman–Crippen MR) is 147 cm³/mol. The Kier molecular flexibility index (Phi) is 17.2. The highest BCUT2D eigenvalue weighted by Crippen LogP contribution is 2.61. The number of unbranched alkanes of at least 4 members (excludes halogenated alkanes) is 5. The van der Waals surface area contributed by atoms with Gasteiger partial charge in [-0.1, -0.05) is 66.2 Å². The number of alkyl halides is 13. The number of halogens is 13. The minimum absolute atomic E-state index is 0.115. The van der Waals surface area contributed by atoms with Gasteiger partial charge in [-0.05, 0) is 52.9 Å². The second kappa shape index (κ2) is 17.6. The lowest BCUT2D eigenvalue weighted by Gasteiger charge is -2.45. The number of hydrogen-bond donors (Lipinski definition) is 0. The largest absolute Gasteiger partial charge is 0.460 e. The Morgan fingerprint density at radius 2 is 0.826 bits per heavy atom. The van der Waals surface area contributed by atoms with Gasteiger partial charge in [0.25, 0.3) is 5.97 Å². The average Bonchev–Trinajstić information content (AvgIpc) is 2.94. The van der Waals surface area contributed by atoms with Crippen LogP contribution in [-0.2, 0) is 14.2 Å². The molecule has 278 valence electrons. The Morgan fingerprint density at radius 3 is 1.20 bits per heavy atom. The van der Waals surface area contributed by atoms with E-state index in [-0.39, 0.29) is 12.8 Å². The van der Waals surface area contributed by atoms with E-state index >= 15 is 0 Å². The molecule has 0 N–H and O–H groups in total. The maximum atomic E-state index is 15.0. The van der Waals surface area contributed by atoms with Crippen molar-refractivity contribution in [1.29, 1.82) is 0 Å². The molecule has 0 aliphatic carbocycles. The van der Waals surface area contributed by atoms with Crippen LogP contribution >= 0.6 is 0 Å². The lowest BCUT2D eigenvalue weighted by Crippen LogP contribution is -2.70. The molecule has 4 atom stereocenters. The molecular weight excluding hydrogens is 655 g/mol. The molecule has 0 saturated heterocycles. The second-order valence-electron chi connectivity index (χ2n) is 11.9. The summed E-state index contributed by atoms with van der Waals surface area (Å²) in [5.41, 5.74) is 0. The average molecular weight is 705 g/mol. The molecule has 0 aromatic heterocycles. The van der Waals surface area contributed by atoms with Gasteiger partial charge in [-0.25, -0.2) is 0 Å². The van der Waals surface area contributed by atoms with Crippen molar-refractivity contribution in [2.24, 2.45) is 5.92 Å². The molecular formula is C30H49F13O3. The molecule has 0 heterocycles. The Bertz CT molecular complexity index is 834. The zero-order chi connectivity index (χ0) is 36.4. The van der Waals surface area contributed by atoms with Gasteiger partial charge in [0, 0.05) is 12.3 Å². The summed E-state index contributed by atoms with van der Waals surface area (Å²) in [6, 6.07) is 0. The van der Waals surface area contributed by atoms with Crippen molar-refractivity contribution in [2.75, 3.05) is 0 Å². The Balaban J connectivity index is 6.85. The third-order valence-electron chi connectivity index (χ3n) is 8.03. The van der Waals surface area contributed by atoms with E-state index < -0.39 is 78.8 Å². The first-order valence-electron chi connectivity index (χ1n) is 15.8. The molecule has 46 heavy (non-hydrogen) atoms. The molecule has 0 aliphatic rings. The molecule has 3 nitrogen and oxygen atoms in total. The summed E-state index contributed by atoms with van der Waals surface area (Å²) in [5, 5.41) is 0. The first-order valence-corrected chi connectivity index (χ1v) is 15.8. The van der Waals surface area contributed by atoms with Crippen LogP contribution in [0, 0.1) is 5.92 Å². The highest BCUT2D eigenvalue weighted by Gasteiger charge is 2.90. The lowest BCUT2D eigenvalue weighted by molar-refractivity contribution is -0.444. The standard InChI is InChI=1S/C30H49F13O3/c1-8-12-13-14-15-16-17-23(25(44-20(5)9-2,45-21(6)10-3)46-22(7)11-4)18-19-24(31,32)26(33,34)27(35,36)28(37,38)29(39,40)30(41,42)43/h20-23H,8-19H2,1-7H3. The molecule has 0 rings (SSSR count). The highest BCUT2D eigenvalue weighted by molar-refractivity contribution is 5.10. The van der Waals surface area contributed by atoms with Crippen molar-refractivity contribution in [2.45, 2.75) is 186 Å². The Labute approximate surface area is 263 Å². The summed E-state index contributed by atoms with van der Waals surface area (Å²) in [4.78, 5) is 0. The summed E-state index contributed by atoms with van der Waals surface area (Å²) in [6.07, 6.45) is -8.09. The van der Waals surface area contributed by atoms with E-state index in [1.165, 1.54) is 0 Å². The monoisotopic (exact) mass is 704 g/mol. The molecule has 0 bridgehead atoms. The SMILES string of the molecule is CCCCCCCCC(CCC(F)(F)C(F)(F)C(F)(F)C(F)(F)C(F)(F)C(F)(F)F)C(OC(C)CC)(OC(C)CC)OC(C)CC. The van der Waals surface area contributed by atoms with E-state index in [1.807, 2.05) is 6.92 Å². The number of hydrogen-bond acceptors (Lipinski definition) is 3. The summed E-state index contributed by atoms with van der Waals surface area (Å²) in [7, 11) is 0. The van der Waals surface area contributed by atoms with E-state index in [4.69, 9.17) is 14.2 Å². The van der Waals surface area contributed by atoms with Crippen LogP contribution in [-0.4, -0.2) is 60.1 Å². The quantitative estimate of drug-likeness (QED) is 0.0569. The van der Waals surface area contributed by atoms with E-state index in [2.05, 4.69) is 0 Å². The zero-order valence-electron chi connectivity index (χ0n) is 27.4. The van der Waals surface area contributed by atoms with Gasteiger partial charge in [-0.15, -0.1) is 0 Å². The van der Waals surface area contributed by atoms with E-state index in [9.17, 15) is 57.1 Å². The topological polar surface area (TPSA) is 27.7 Å². The maximum absolute atomic E-state index is 15.0. The zero-order valence-corrected chi connectivity index (χ0v) is 27.4. The fraction of sp³-hybridized carbons (Fsp3) is 1.00. The van der Waals surface area contributed by atoms with Crippen LogP contribution in [0.5, 0.6) is 0 Å². The van der Waals surface area contributed by atoms with E-state index in [1.54, 1.807) is 41.5 Å². The fourth-order valence-electron chi connectivity index (χ4n) is 4.45. The third-order valence-corrected chi connectivity index (χ3v) is 8.03. The maximum Gasteiger partial charge on any atom is 0.460 e. The second-order valence-corrected chi connectivity index (χ2v) is 11.9. The fourth-order valence-corrected chi connectivity index (χ4v) is 4.45. The van der Waals surface area contributed by atoms with Crippen LogP contribution in [0.3, 0.4) is 0 Å². The van der Waals surface area contributed by atoms with Crippen LogP contribution in [0.15, 0.2) is 0 Å². The number of ether oxygens (including phenoxy) is 3. The van der Waals surface area contributed by atoms with Gasteiger partial charge < -0.3 is 14.2 Å². The van der Waals surface area contributed by atoms with Crippen molar-refractivity contribution >= 4 is 0 Å². The van der Waals surface area contributed by atoms with Gasteiger partial charge in [-0.3, -0.25) is 0 Å². The minimum atomic E-state index is -7.94. The molecule has 0 fully saturated rings. The minimum Gasteiger partial charge on any atom is -0.324 e. The Hall–Kier alpha value is -1.03. The normalized spacial score (nSPS) is 18.3. The molecule has 16 heteroatoms. The van der Waals surface area contributed by atoms with Gasteiger partial charge >= 0.3 is 35.8 Å². The predicted octanol–water partition coefficient (Wildman–Crippen LogP) is 12.0.